The van der Waals surface area contributed by atoms with Crippen molar-refractivity contribution in [2.45, 2.75) is 44.0 Å². The molecule has 40 heavy (non-hydrogen) atoms. The van der Waals surface area contributed by atoms with Gasteiger partial charge in [0.25, 0.3) is 5.56 Å². The highest BCUT2D eigenvalue weighted by Gasteiger charge is 2.33. The Morgan fingerprint density at radius 3 is 2.45 bits per heavy atom. The van der Waals surface area contributed by atoms with Crippen LogP contribution in [0.15, 0.2) is 44.2 Å². The van der Waals surface area contributed by atoms with E-state index in [1.54, 1.807) is 5.38 Å². The van der Waals surface area contributed by atoms with Gasteiger partial charge in [0, 0.05) is 42.6 Å². The molecule has 1 fully saturated rings. The molecule has 0 aliphatic carbocycles. The zero-order chi connectivity index (χ0) is 28.8. The summed E-state index contributed by atoms with van der Waals surface area (Å²) in [5.41, 5.74) is -0.642. The van der Waals surface area contributed by atoms with Crippen molar-refractivity contribution in [2.75, 3.05) is 13.1 Å². The van der Waals surface area contributed by atoms with Crippen molar-refractivity contribution in [3.63, 3.8) is 0 Å². The van der Waals surface area contributed by atoms with E-state index in [2.05, 4.69) is 26.1 Å². The third kappa shape index (κ3) is 5.80. The summed E-state index contributed by atoms with van der Waals surface area (Å²) in [4.78, 5) is 36.5. The normalized spacial score (nSPS) is 18.1. The molecule has 4 heterocycles. The van der Waals surface area contributed by atoms with Crippen LogP contribution in [0.4, 0.5) is 26.3 Å². The maximum atomic E-state index is 13.6. The monoisotopic (exact) mass is 648 g/mol. The van der Waals surface area contributed by atoms with Gasteiger partial charge in [-0.2, -0.15) is 13.2 Å². The number of carbonyl (C=O) groups excluding carboxylic acids is 1. The predicted octanol–water partition coefficient (Wildman–Crippen LogP) is 5.78. The van der Waals surface area contributed by atoms with Gasteiger partial charge in [0.15, 0.2) is 23.6 Å². The van der Waals surface area contributed by atoms with Crippen molar-refractivity contribution >= 4 is 38.9 Å². The summed E-state index contributed by atoms with van der Waals surface area (Å²) in [5, 5.41) is 6.56. The van der Waals surface area contributed by atoms with Gasteiger partial charge in [0.05, 0.1) is 20.7 Å². The number of likely N-dealkylation sites (tertiary alicyclic amines) is 1. The third-order valence-corrected chi connectivity index (χ3v) is 8.31. The summed E-state index contributed by atoms with van der Waals surface area (Å²) in [5.74, 6) is -4.64. The highest BCUT2D eigenvalue weighted by Crippen LogP contribution is 2.35. The Balaban J connectivity index is 1.18. The van der Waals surface area contributed by atoms with Crippen LogP contribution in [0.2, 0.25) is 0 Å². The molecule has 1 saturated heterocycles. The summed E-state index contributed by atoms with van der Waals surface area (Å²) in [6.45, 7) is 0.151. The molecule has 1 unspecified atom stereocenters. The molecule has 212 valence electrons. The van der Waals surface area contributed by atoms with Gasteiger partial charge in [-0.1, -0.05) is 5.16 Å². The number of benzene rings is 1. The minimum absolute atomic E-state index is 0.0206. The van der Waals surface area contributed by atoms with E-state index in [-0.39, 0.29) is 22.4 Å². The second-order valence-corrected chi connectivity index (χ2v) is 11.1. The van der Waals surface area contributed by atoms with Crippen LogP contribution in [-0.2, 0) is 22.4 Å². The maximum absolute atomic E-state index is 13.6. The number of carbonyl (C=O) groups is 1. The smallest absolute Gasteiger partial charge is 0.387 e. The number of alkyl halides is 3. The van der Waals surface area contributed by atoms with Crippen LogP contribution < -0.4 is 5.56 Å². The fourth-order valence-electron chi connectivity index (χ4n) is 4.57. The Morgan fingerprint density at radius 1 is 1.12 bits per heavy atom. The number of amides is 1. The van der Waals surface area contributed by atoms with Gasteiger partial charge >= 0.3 is 6.18 Å². The minimum Gasteiger partial charge on any atom is -0.387 e. The van der Waals surface area contributed by atoms with Crippen molar-refractivity contribution in [3.8, 4) is 0 Å². The van der Waals surface area contributed by atoms with E-state index in [9.17, 15) is 35.9 Å². The second kappa shape index (κ2) is 11.0. The van der Waals surface area contributed by atoms with E-state index in [4.69, 9.17) is 4.84 Å². The van der Waals surface area contributed by atoms with Crippen molar-refractivity contribution in [2.24, 2.45) is 5.16 Å². The topological polar surface area (TPSA) is 76.8 Å². The number of halogens is 7. The third-order valence-electron chi connectivity index (χ3n) is 6.74. The van der Waals surface area contributed by atoms with Crippen LogP contribution >= 0.6 is 27.3 Å². The number of rotatable bonds is 5. The number of nitrogens with zero attached hydrogens (tertiary/aromatic N) is 4. The number of oxime groups is 1. The summed E-state index contributed by atoms with van der Waals surface area (Å²) < 4.78 is 80.3. The van der Waals surface area contributed by atoms with Crippen molar-refractivity contribution in [1.82, 2.24) is 14.5 Å². The molecule has 2 aliphatic rings. The summed E-state index contributed by atoms with van der Waals surface area (Å²) in [6, 6.07) is 2.42. The molecule has 2 aromatic heterocycles. The predicted molar refractivity (Wildman–Crippen MR) is 135 cm³/mol. The molecule has 15 heteroatoms. The van der Waals surface area contributed by atoms with Crippen molar-refractivity contribution in [3.05, 3.63) is 83.9 Å². The van der Waals surface area contributed by atoms with Gasteiger partial charge in [-0.3, -0.25) is 9.59 Å². The number of hydrogen-bond donors (Lipinski definition) is 0. The Kier molecular flexibility index (Phi) is 7.79. The number of thiazole rings is 1. The van der Waals surface area contributed by atoms with Crippen LogP contribution in [0.25, 0.3) is 0 Å². The molecule has 0 bridgehead atoms. The average Bonchev–Trinajstić information content (AvgIpc) is 3.59. The summed E-state index contributed by atoms with van der Waals surface area (Å²) in [7, 11) is 0. The Morgan fingerprint density at radius 2 is 1.80 bits per heavy atom. The number of hydrogen-bond acceptors (Lipinski definition) is 6. The first-order chi connectivity index (χ1) is 18.9. The average molecular weight is 649 g/mol. The minimum atomic E-state index is -4.67. The van der Waals surface area contributed by atoms with Crippen LogP contribution in [0.3, 0.4) is 0 Å². The van der Waals surface area contributed by atoms with Crippen molar-refractivity contribution in [1.29, 1.82) is 0 Å². The zero-order valence-electron chi connectivity index (χ0n) is 20.4. The van der Waals surface area contributed by atoms with Gasteiger partial charge in [-0.05, 0) is 47.0 Å². The van der Waals surface area contributed by atoms with E-state index in [0.717, 1.165) is 21.7 Å². The van der Waals surface area contributed by atoms with Crippen LogP contribution in [0.5, 0.6) is 0 Å². The van der Waals surface area contributed by atoms with Gasteiger partial charge < -0.3 is 14.3 Å². The summed E-state index contributed by atoms with van der Waals surface area (Å²) in [6.07, 6.45) is -3.52. The molecule has 0 N–H and O–H groups in total. The molecular weight excluding hydrogens is 630 g/mol. The van der Waals surface area contributed by atoms with E-state index >= 15 is 0 Å². The lowest BCUT2D eigenvalue weighted by Crippen LogP contribution is -2.41. The van der Waals surface area contributed by atoms with Gasteiger partial charge in [0.2, 0.25) is 5.91 Å². The van der Waals surface area contributed by atoms with E-state index in [1.165, 1.54) is 16.2 Å². The molecule has 0 radical (unpaired) electrons. The van der Waals surface area contributed by atoms with Crippen LogP contribution in [-0.4, -0.2) is 39.2 Å². The molecule has 0 spiro atoms. The van der Waals surface area contributed by atoms with Crippen LogP contribution in [0.1, 0.15) is 53.1 Å². The zero-order valence-corrected chi connectivity index (χ0v) is 22.8. The largest absolute Gasteiger partial charge is 0.417 e. The van der Waals surface area contributed by atoms with Crippen LogP contribution in [0, 0.1) is 17.5 Å². The molecule has 2 aliphatic heterocycles. The molecule has 1 aromatic carbocycles. The SMILES string of the molecule is O=C(Cn1cc(C(F)(F)F)cc(Br)c1=O)N1CCC(c2nc(C3=NOC(c4cc(F)c(F)c(F)c4)C3)cs2)CC1. The molecule has 1 atom stereocenters. The fraction of sp³-hybridized carbons (Fsp3) is 0.360. The molecule has 7 nitrogen and oxygen atoms in total. The first-order valence-electron chi connectivity index (χ1n) is 12.0. The van der Waals surface area contributed by atoms with Gasteiger partial charge in [-0.25, -0.2) is 18.2 Å². The molecule has 0 saturated carbocycles. The Bertz CT molecular complexity index is 1520. The lowest BCUT2D eigenvalue weighted by molar-refractivity contribution is -0.139. The lowest BCUT2D eigenvalue weighted by atomic mass is 9.97. The first-order valence-corrected chi connectivity index (χ1v) is 13.7. The lowest BCUT2D eigenvalue weighted by Gasteiger charge is -2.31. The number of aromatic nitrogens is 2. The number of pyridine rings is 1. The standard InChI is InChI=1S/C25H19BrF6N4O3S/c26-15-7-14(25(30,31)32)9-36(24(15)38)10-21(37)35-3-1-12(2-4-35)23-33-19(11-40-23)18-8-20(39-34-18)13-5-16(27)22(29)17(28)6-13/h5-7,9,11-12,20H,1-4,8,10H2. The van der Waals surface area contributed by atoms with E-state index in [1.807, 2.05) is 0 Å². The highest BCUT2D eigenvalue weighted by molar-refractivity contribution is 9.10. The van der Waals surface area contributed by atoms with Crippen molar-refractivity contribution < 1.29 is 36.0 Å². The quantitative estimate of drug-likeness (QED) is 0.260. The van der Waals surface area contributed by atoms with Gasteiger partial charge in [0.1, 0.15) is 12.3 Å². The second-order valence-electron chi connectivity index (χ2n) is 9.37. The molecule has 5 rings (SSSR count). The molecule has 1 amide bonds. The number of piperidine rings is 1. The van der Waals surface area contributed by atoms with E-state index in [0.29, 0.717) is 49.6 Å². The molecular formula is C25H19BrF6N4O3S. The Labute approximate surface area is 235 Å². The van der Waals surface area contributed by atoms with E-state index < -0.39 is 53.3 Å². The fourth-order valence-corrected chi connectivity index (χ4v) is 6.04. The maximum Gasteiger partial charge on any atom is 0.417 e. The first kappa shape index (κ1) is 28.3. The Hall–Kier alpha value is -3.20. The highest BCUT2D eigenvalue weighted by atomic mass is 79.9. The molecule has 3 aromatic rings. The summed E-state index contributed by atoms with van der Waals surface area (Å²) >= 11 is 4.22. The van der Waals surface area contributed by atoms with Gasteiger partial charge in [-0.15, -0.1) is 11.3 Å².